The standard InChI is InChI=1S/C11H13BrN2O3/c1-2-8(13)10(15)14-9-4-3-6(11(16)17)5-7(9)12/h3-5,8H,2,13H2,1H3,(H,14,15)(H,16,17)/t8-/m0/s1. The monoisotopic (exact) mass is 300 g/mol. The van der Waals surface area contributed by atoms with Crippen LogP contribution in [0.1, 0.15) is 23.7 Å². The van der Waals surface area contributed by atoms with Gasteiger partial charge < -0.3 is 16.2 Å². The van der Waals surface area contributed by atoms with Crippen LogP contribution in [0.25, 0.3) is 0 Å². The average Bonchev–Trinajstić information content (AvgIpc) is 2.30. The lowest BCUT2D eigenvalue weighted by atomic mass is 10.2. The van der Waals surface area contributed by atoms with Crippen molar-refractivity contribution < 1.29 is 14.7 Å². The van der Waals surface area contributed by atoms with Gasteiger partial charge in [-0.15, -0.1) is 0 Å². The van der Waals surface area contributed by atoms with Crippen LogP contribution in [-0.2, 0) is 4.79 Å². The number of nitrogens with one attached hydrogen (secondary N) is 1. The molecule has 92 valence electrons. The fraction of sp³-hybridized carbons (Fsp3) is 0.273. The molecule has 0 aromatic heterocycles. The zero-order chi connectivity index (χ0) is 13.0. The van der Waals surface area contributed by atoms with Gasteiger partial charge in [0.15, 0.2) is 0 Å². The Balaban J connectivity index is 2.86. The van der Waals surface area contributed by atoms with Crippen molar-refractivity contribution in [1.29, 1.82) is 0 Å². The molecule has 0 spiro atoms. The van der Waals surface area contributed by atoms with E-state index in [1.54, 1.807) is 0 Å². The van der Waals surface area contributed by atoms with Gasteiger partial charge in [-0.3, -0.25) is 4.79 Å². The van der Waals surface area contributed by atoms with E-state index in [2.05, 4.69) is 21.2 Å². The number of carboxylic acids is 1. The molecule has 0 unspecified atom stereocenters. The average molecular weight is 301 g/mol. The molecule has 0 bridgehead atoms. The van der Waals surface area contributed by atoms with Crippen molar-refractivity contribution >= 4 is 33.5 Å². The number of aromatic carboxylic acids is 1. The summed E-state index contributed by atoms with van der Waals surface area (Å²) in [6, 6.07) is 3.80. The molecule has 17 heavy (non-hydrogen) atoms. The molecule has 1 atom stereocenters. The van der Waals surface area contributed by atoms with Gasteiger partial charge in [-0.1, -0.05) is 6.92 Å². The Kier molecular flexibility index (Phi) is 4.65. The van der Waals surface area contributed by atoms with Crippen molar-refractivity contribution in [3.8, 4) is 0 Å². The molecule has 4 N–H and O–H groups in total. The van der Waals surface area contributed by atoms with Gasteiger partial charge >= 0.3 is 5.97 Å². The molecule has 0 aliphatic heterocycles. The minimum atomic E-state index is -1.02. The highest BCUT2D eigenvalue weighted by Gasteiger charge is 2.13. The molecule has 0 aliphatic rings. The largest absolute Gasteiger partial charge is 0.478 e. The first kappa shape index (κ1) is 13.7. The summed E-state index contributed by atoms with van der Waals surface area (Å²) in [5, 5.41) is 11.4. The Labute approximate surface area is 107 Å². The summed E-state index contributed by atoms with van der Waals surface area (Å²) in [7, 11) is 0. The van der Waals surface area contributed by atoms with Crippen LogP contribution < -0.4 is 11.1 Å². The van der Waals surface area contributed by atoms with E-state index in [9.17, 15) is 9.59 Å². The van der Waals surface area contributed by atoms with Crippen molar-refractivity contribution in [3.05, 3.63) is 28.2 Å². The number of rotatable bonds is 4. The van der Waals surface area contributed by atoms with Crippen molar-refractivity contribution in [2.24, 2.45) is 5.73 Å². The molecule has 0 saturated carbocycles. The van der Waals surface area contributed by atoms with Gasteiger partial charge in [0.05, 0.1) is 17.3 Å². The number of hydrogen-bond acceptors (Lipinski definition) is 3. The summed E-state index contributed by atoms with van der Waals surface area (Å²) in [4.78, 5) is 22.3. The third kappa shape index (κ3) is 3.54. The number of nitrogens with two attached hydrogens (primary N) is 1. The molecule has 1 amide bonds. The van der Waals surface area contributed by atoms with Crippen LogP contribution in [-0.4, -0.2) is 23.0 Å². The quantitative estimate of drug-likeness (QED) is 0.791. The second kappa shape index (κ2) is 5.79. The van der Waals surface area contributed by atoms with Gasteiger partial charge in [-0.2, -0.15) is 0 Å². The lowest BCUT2D eigenvalue weighted by Crippen LogP contribution is -2.34. The fourth-order valence-corrected chi connectivity index (χ4v) is 1.64. The third-order valence-corrected chi connectivity index (χ3v) is 2.91. The van der Waals surface area contributed by atoms with Gasteiger partial charge in [-0.25, -0.2) is 4.79 Å². The van der Waals surface area contributed by atoms with E-state index in [4.69, 9.17) is 10.8 Å². The number of carboxylic acid groups (broad SMARTS) is 1. The van der Waals surface area contributed by atoms with E-state index in [0.717, 1.165) is 0 Å². The second-order valence-electron chi connectivity index (χ2n) is 3.50. The fourth-order valence-electron chi connectivity index (χ4n) is 1.16. The van der Waals surface area contributed by atoms with E-state index in [0.29, 0.717) is 16.6 Å². The summed E-state index contributed by atoms with van der Waals surface area (Å²) in [6.07, 6.45) is 0.538. The van der Waals surface area contributed by atoms with Crippen molar-refractivity contribution in [3.63, 3.8) is 0 Å². The normalized spacial score (nSPS) is 11.9. The van der Waals surface area contributed by atoms with Crippen LogP contribution in [0.3, 0.4) is 0 Å². The maximum atomic E-state index is 11.5. The lowest BCUT2D eigenvalue weighted by molar-refractivity contribution is -0.117. The summed E-state index contributed by atoms with van der Waals surface area (Å²) < 4.78 is 0.508. The first-order chi connectivity index (χ1) is 7.95. The first-order valence-corrected chi connectivity index (χ1v) is 5.84. The van der Waals surface area contributed by atoms with E-state index < -0.39 is 12.0 Å². The Bertz CT molecular complexity index is 448. The molecule has 6 heteroatoms. The molecule has 1 rings (SSSR count). The molecule has 0 heterocycles. The Morgan fingerprint density at radius 3 is 2.65 bits per heavy atom. The van der Waals surface area contributed by atoms with E-state index >= 15 is 0 Å². The van der Waals surface area contributed by atoms with Crippen LogP contribution >= 0.6 is 15.9 Å². The smallest absolute Gasteiger partial charge is 0.335 e. The van der Waals surface area contributed by atoms with Crippen molar-refractivity contribution in [2.45, 2.75) is 19.4 Å². The minimum Gasteiger partial charge on any atom is -0.478 e. The number of amides is 1. The predicted molar refractivity (Wildman–Crippen MR) is 68.0 cm³/mol. The zero-order valence-electron chi connectivity index (χ0n) is 9.24. The highest BCUT2D eigenvalue weighted by atomic mass is 79.9. The Hall–Kier alpha value is -1.40. The van der Waals surface area contributed by atoms with Gasteiger partial charge in [-0.05, 0) is 40.5 Å². The molecule has 0 fully saturated rings. The number of halogens is 1. The molecular weight excluding hydrogens is 288 g/mol. The topological polar surface area (TPSA) is 92.4 Å². The first-order valence-electron chi connectivity index (χ1n) is 5.05. The lowest BCUT2D eigenvalue weighted by Gasteiger charge is -2.11. The van der Waals surface area contributed by atoms with Crippen molar-refractivity contribution in [1.82, 2.24) is 0 Å². The summed E-state index contributed by atoms with van der Waals surface area (Å²) >= 11 is 3.20. The van der Waals surface area contributed by atoms with Crippen LogP contribution in [0, 0.1) is 0 Å². The van der Waals surface area contributed by atoms with Crippen LogP contribution in [0.4, 0.5) is 5.69 Å². The Morgan fingerprint density at radius 1 is 1.53 bits per heavy atom. The molecule has 1 aromatic carbocycles. The SMILES string of the molecule is CC[C@H](N)C(=O)Nc1ccc(C(=O)O)cc1Br. The van der Waals surface area contributed by atoms with Crippen LogP contribution in [0.2, 0.25) is 0 Å². The number of carbonyl (C=O) groups is 2. The van der Waals surface area contributed by atoms with Crippen LogP contribution in [0.15, 0.2) is 22.7 Å². The van der Waals surface area contributed by atoms with E-state index in [-0.39, 0.29) is 11.5 Å². The second-order valence-corrected chi connectivity index (χ2v) is 4.36. The molecule has 0 saturated heterocycles. The predicted octanol–water partition coefficient (Wildman–Crippen LogP) is 1.82. The number of hydrogen-bond donors (Lipinski definition) is 3. The molecule has 5 nitrogen and oxygen atoms in total. The molecule has 0 aliphatic carbocycles. The van der Waals surface area contributed by atoms with Crippen molar-refractivity contribution in [2.75, 3.05) is 5.32 Å². The molecule has 0 radical (unpaired) electrons. The van der Waals surface area contributed by atoms with Crippen LogP contribution in [0.5, 0.6) is 0 Å². The maximum absolute atomic E-state index is 11.5. The van der Waals surface area contributed by atoms with E-state index in [1.807, 2.05) is 6.92 Å². The zero-order valence-corrected chi connectivity index (χ0v) is 10.8. The molecule has 1 aromatic rings. The Morgan fingerprint density at radius 2 is 2.18 bits per heavy atom. The van der Waals surface area contributed by atoms with Gasteiger partial charge in [0.1, 0.15) is 0 Å². The van der Waals surface area contributed by atoms with Gasteiger partial charge in [0.25, 0.3) is 0 Å². The minimum absolute atomic E-state index is 0.148. The number of anilines is 1. The number of benzene rings is 1. The number of carbonyl (C=O) groups excluding carboxylic acids is 1. The van der Waals surface area contributed by atoms with E-state index in [1.165, 1.54) is 18.2 Å². The van der Waals surface area contributed by atoms with Gasteiger partial charge in [0.2, 0.25) is 5.91 Å². The highest BCUT2D eigenvalue weighted by Crippen LogP contribution is 2.23. The summed E-state index contributed by atoms with van der Waals surface area (Å²) in [5.41, 5.74) is 6.22. The summed E-state index contributed by atoms with van der Waals surface area (Å²) in [6.45, 7) is 1.81. The maximum Gasteiger partial charge on any atom is 0.335 e. The van der Waals surface area contributed by atoms with Gasteiger partial charge in [0, 0.05) is 4.47 Å². The third-order valence-electron chi connectivity index (χ3n) is 2.25. The summed E-state index contributed by atoms with van der Waals surface area (Å²) in [5.74, 6) is -1.31. The molecular formula is C11H13BrN2O3. The highest BCUT2D eigenvalue weighted by molar-refractivity contribution is 9.10.